The van der Waals surface area contributed by atoms with Crippen LogP contribution < -0.4 is 25.4 Å². The molecule has 0 saturated heterocycles. The van der Waals surface area contributed by atoms with Gasteiger partial charge in [0.25, 0.3) is 0 Å². The number of benzene rings is 3. The Hall–Kier alpha value is -4.28. The van der Waals surface area contributed by atoms with Crippen molar-refractivity contribution in [3.63, 3.8) is 0 Å². The summed E-state index contributed by atoms with van der Waals surface area (Å²) >= 11 is 0. The number of nitrogens with zero attached hydrogens (tertiary/aromatic N) is 2. The Bertz CT molecular complexity index is 1560. The van der Waals surface area contributed by atoms with Crippen LogP contribution in [0.4, 0.5) is 17.5 Å². The summed E-state index contributed by atoms with van der Waals surface area (Å²) in [5.74, 6) is 1.77. The molecule has 4 aromatic rings. The van der Waals surface area contributed by atoms with Gasteiger partial charge in [-0.25, -0.2) is 13.9 Å². The Labute approximate surface area is 242 Å². The number of nitrogens with one attached hydrogen (secondary N) is 4. The molecule has 4 N–H and O–H groups in total. The van der Waals surface area contributed by atoms with Gasteiger partial charge in [-0.1, -0.05) is 48.5 Å². The maximum absolute atomic E-state index is 13.2. The molecule has 4 bridgehead atoms. The van der Waals surface area contributed by atoms with Crippen molar-refractivity contribution >= 4 is 34.3 Å². The van der Waals surface area contributed by atoms with Gasteiger partial charge in [0.05, 0.1) is 17.4 Å². The molecule has 1 atom stereocenters. The zero-order valence-electron chi connectivity index (χ0n) is 23.4. The van der Waals surface area contributed by atoms with Crippen molar-refractivity contribution in [1.29, 1.82) is 0 Å². The van der Waals surface area contributed by atoms with E-state index < -0.39 is 16.4 Å². The number of hydrogen-bond donors (Lipinski definition) is 4. The van der Waals surface area contributed by atoms with E-state index in [-0.39, 0.29) is 5.91 Å². The molecule has 41 heavy (non-hydrogen) atoms. The predicted octanol–water partition coefficient (Wildman–Crippen LogP) is 4.92. The van der Waals surface area contributed by atoms with E-state index in [0.29, 0.717) is 42.0 Å². The van der Waals surface area contributed by atoms with Gasteiger partial charge in [0.2, 0.25) is 11.9 Å². The molecule has 0 aliphatic carbocycles. The Morgan fingerprint density at radius 1 is 1.05 bits per heavy atom. The number of anilines is 3. The number of carbonyl (C=O) groups is 1. The largest absolute Gasteiger partial charge is 0.496 e. The highest BCUT2D eigenvalue weighted by molar-refractivity contribution is 7.83. The second-order valence-electron chi connectivity index (χ2n) is 10.3. The molecule has 212 valence electrons. The average Bonchev–Trinajstić information content (AvgIpc) is 3.00. The molecule has 1 aliphatic rings. The highest BCUT2D eigenvalue weighted by Crippen LogP contribution is 2.32. The van der Waals surface area contributed by atoms with Gasteiger partial charge in [-0.15, -0.1) is 0 Å². The van der Waals surface area contributed by atoms with E-state index >= 15 is 0 Å². The Morgan fingerprint density at radius 3 is 2.66 bits per heavy atom. The van der Waals surface area contributed by atoms with E-state index in [1.54, 1.807) is 13.3 Å². The highest BCUT2D eigenvalue weighted by atomic mass is 32.2. The summed E-state index contributed by atoms with van der Waals surface area (Å²) in [4.78, 5) is 23.1. The molecule has 1 aliphatic heterocycles. The Morgan fingerprint density at radius 2 is 1.85 bits per heavy atom. The first kappa shape index (κ1) is 28.3. The summed E-state index contributed by atoms with van der Waals surface area (Å²) < 4.78 is 21.1. The normalized spacial score (nSPS) is 15.2. The van der Waals surface area contributed by atoms with E-state index in [0.717, 1.165) is 34.4 Å². The molecule has 0 fully saturated rings. The van der Waals surface area contributed by atoms with E-state index in [9.17, 15) is 9.00 Å². The van der Waals surface area contributed by atoms with Crippen molar-refractivity contribution in [1.82, 2.24) is 20.0 Å². The molecule has 9 nitrogen and oxygen atoms in total. The first-order valence-corrected chi connectivity index (χ1v) is 14.6. The number of methoxy groups -OCH3 is 1. The fraction of sp³-hybridized carbons (Fsp3) is 0.258. The smallest absolute Gasteiger partial charge is 0.230 e. The maximum atomic E-state index is 13.2. The van der Waals surface area contributed by atoms with Gasteiger partial charge in [-0.3, -0.25) is 4.79 Å². The number of hydrogen-bond acceptors (Lipinski definition) is 7. The van der Waals surface area contributed by atoms with Crippen molar-refractivity contribution in [3.05, 3.63) is 90.1 Å². The van der Waals surface area contributed by atoms with Crippen molar-refractivity contribution < 1.29 is 13.7 Å². The molecule has 0 saturated carbocycles. The van der Waals surface area contributed by atoms with Gasteiger partial charge in [0, 0.05) is 42.6 Å². The van der Waals surface area contributed by atoms with Crippen LogP contribution in [0, 0.1) is 0 Å². The number of carbonyl (C=O) groups excluding carboxylic acids is 1. The molecule has 3 aromatic carbocycles. The van der Waals surface area contributed by atoms with Crippen LogP contribution in [0.1, 0.15) is 31.4 Å². The molecular weight excluding hydrogens is 536 g/mol. The summed E-state index contributed by atoms with van der Waals surface area (Å²) in [6.45, 7) is 5.44. The van der Waals surface area contributed by atoms with Crippen LogP contribution in [0.5, 0.6) is 5.75 Å². The van der Waals surface area contributed by atoms with Crippen LogP contribution in [-0.4, -0.2) is 40.3 Å². The third kappa shape index (κ3) is 6.55. The van der Waals surface area contributed by atoms with Crippen LogP contribution in [0.25, 0.3) is 11.1 Å². The zero-order chi connectivity index (χ0) is 28.8. The number of ether oxygens (including phenoxy) is 1. The summed E-state index contributed by atoms with van der Waals surface area (Å²) in [5, 5.41) is 9.70. The van der Waals surface area contributed by atoms with E-state index in [1.807, 2.05) is 86.6 Å². The Balaban J connectivity index is 1.31. The van der Waals surface area contributed by atoms with Gasteiger partial charge in [-0.2, -0.15) is 4.98 Å². The molecule has 1 aromatic heterocycles. The monoisotopic (exact) mass is 570 g/mol. The van der Waals surface area contributed by atoms with Crippen molar-refractivity contribution in [2.75, 3.05) is 30.8 Å². The first-order chi connectivity index (χ1) is 19.8. The zero-order valence-corrected chi connectivity index (χ0v) is 24.2. The molecule has 0 spiro atoms. The molecule has 2 heterocycles. The molecule has 10 heteroatoms. The Kier molecular flexibility index (Phi) is 8.61. The van der Waals surface area contributed by atoms with Crippen LogP contribution in [0.2, 0.25) is 0 Å². The second kappa shape index (κ2) is 12.5. The molecule has 5 rings (SSSR count). The van der Waals surface area contributed by atoms with Crippen molar-refractivity contribution in [2.45, 2.75) is 37.1 Å². The molecular formula is C31H34N6O3S. The number of fused-ring (bicyclic) bond motifs is 4. The average molecular weight is 571 g/mol. The highest BCUT2D eigenvalue weighted by Gasteiger charge is 2.32. The minimum absolute atomic E-state index is 0.0816. The fourth-order valence-electron chi connectivity index (χ4n) is 4.64. The number of aromatic nitrogens is 2. The van der Waals surface area contributed by atoms with Gasteiger partial charge in [0.1, 0.15) is 22.6 Å². The van der Waals surface area contributed by atoms with E-state index in [2.05, 4.69) is 25.7 Å². The van der Waals surface area contributed by atoms with Gasteiger partial charge in [-0.05, 0) is 55.7 Å². The number of para-hydroxylation sites is 1. The maximum Gasteiger partial charge on any atom is 0.230 e. The van der Waals surface area contributed by atoms with Gasteiger partial charge < -0.3 is 20.7 Å². The minimum Gasteiger partial charge on any atom is -0.496 e. The summed E-state index contributed by atoms with van der Waals surface area (Å²) in [6.07, 6.45) is 2.56. The SMILES string of the molecule is COc1ccccc1C(C)(C)C(=O)NCc1ccc(-c2cnc3nc2NCCCNS(=O)c2cccc(c2)N3)cc1. The number of rotatable bonds is 6. The van der Waals surface area contributed by atoms with Gasteiger partial charge in [0.15, 0.2) is 0 Å². The lowest BCUT2D eigenvalue weighted by Crippen LogP contribution is -2.39. The van der Waals surface area contributed by atoms with Crippen LogP contribution in [0.3, 0.4) is 0 Å². The van der Waals surface area contributed by atoms with Crippen LogP contribution in [-0.2, 0) is 27.7 Å². The number of amides is 1. The van der Waals surface area contributed by atoms with Crippen LogP contribution >= 0.6 is 0 Å². The lowest BCUT2D eigenvalue weighted by Gasteiger charge is -2.26. The van der Waals surface area contributed by atoms with Crippen molar-refractivity contribution in [2.24, 2.45) is 0 Å². The second-order valence-corrected chi connectivity index (χ2v) is 11.6. The fourth-order valence-corrected chi connectivity index (χ4v) is 5.57. The third-order valence-electron chi connectivity index (χ3n) is 7.04. The van der Waals surface area contributed by atoms with Crippen LogP contribution in [0.15, 0.2) is 83.9 Å². The summed E-state index contributed by atoms with van der Waals surface area (Å²) in [5.41, 5.74) is 3.63. The third-order valence-corrected chi connectivity index (χ3v) is 8.19. The minimum atomic E-state index is -1.29. The summed E-state index contributed by atoms with van der Waals surface area (Å²) in [7, 11) is 0.325. The lowest BCUT2D eigenvalue weighted by molar-refractivity contribution is -0.125. The molecule has 1 unspecified atom stereocenters. The topological polar surface area (TPSA) is 117 Å². The molecule has 1 amide bonds. The van der Waals surface area contributed by atoms with E-state index in [4.69, 9.17) is 9.72 Å². The quantitative estimate of drug-likeness (QED) is 0.260. The molecule has 0 radical (unpaired) electrons. The van der Waals surface area contributed by atoms with Gasteiger partial charge >= 0.3 is 0 Å². The van der Waals surface area contributed by atoms with E-state index in [1.165, 1.54) is 0 Å². The lowest BCUT2D eigenvalue weighted by atomic mass is 9.83. The summed E-state index contributed by atoms with van der Waals surface area (Å²) in [6, 6.07) is 23.0. The predicted molar refractivity (Wildman–Crippen MR) is 163 cm³/mol. The standard InChI is InChI=1S/C31H34N6O3S/c1-31(2,26-10-4-5-11-27(26)40-3)29(38)33-19-21-12-14-22(15-13-21)25-20-34-30-36-23-8-6-9-24(18-23)41(39)35-17-7-16-32-28(25)37-30/h4-6,8-15,18,20,35H,7,16-17,19H2,1-3H3,(H,33,38)(H2,32,34,36,37). The van der Waals surface area contributed by atoms with Crippen molar-refractivity contribution in [3.8, 4) is 16.9 Å². The first-order valence-electron chi connectivity index (χ1n) is 13.5.